The topological polar surface area (TPSA) is 46.2 Å². The number of aliphatic hydroxyl groups is 1. The van der Waals surface area contributed by atoms with E-state index in [4.69, 9.17) is 5.73 Å². The first-order valence-electron chi connectivity index (χ1n) is 7.31. The van der Waals surface area contributed by atoms with E-state index < -0.39 is 0 Å². The van der Waals surface area contributed by atoms with Crippen LogP contribution in [0.4, 0.5) is 0 Å². The zero-order chi connectivity index (χ0) is 15.0. The SMILES string of the molecule is CC(C)(CO)[C@H](N)c1cc2ccccc2c2ccccc12. The molecule has 21 heavy (non-hydrogen) atoms. The number of nitrogens with two attached hydrogens (primary N) is 1. The maximum absolute atomic E-state index is 9.63. The van der Waals surface area contributed by atoms with Crippen LogP contribution in [-0.2, 0) is 0 Å². The van der Waals surface area contributed by atoms with E-state index in [-0.39, 0.29) is 18.1 Å². The predicted molar refractivity (Wildman–Crippen MR) is 89.2 cm³/mol. The van der Waals surface area contributed by atoms with Crippen molar-refractivity contribution in [2.24, 2.45) is 11.1 Å². The van der Waals surface area contributed by atoms with E-state index >= 15 is 0 Å². The van der Waals surface area contributed by atoms with Crippen molar-refractivity contribution in [3.05, 3.63) is 60.2 Å². The van der Waals surface area contributed by atoms with Gasteiger partial charge in [0.2, 0.25) is 0 Å². The fraction of sp³-hybridized carbons (Fsp3) is 0.263. The van der Waals surface area contributed by atoms with Crippen molar-refractivity contribution in [2.45, 2.75) is 19.9 Å². The number of hydrogen-bond donors (Lipinski definition) is 2. The summed E-state index contributed by atoms with van der Waals surface area (Å²) in [6.45, 7) is 4.07. The molecule has 3 rings (SSSR count). The summed E-state index contributed by atoms with van der Waals surface area (Å²) in [5.41, 5.74) is 7.22. The summed E-state index contributed by atoms with van der Waals surface area (Å²) in [5, 5.41) is 14.5. The summed E-state index contributed by atoms with van der Waals surface area (Å²) in [6, 6.07) is 18.7. The zero-order valence-electron chi connectivity index (χ0n) is 12.5. The molecular weight excluding hydrogens is 258 g/mol. The molecule has 3 aromatic rings. The summed E-state index contributed by atoms with van der Waals surface area (Å²) < 4.78 is 0. The maximum Gasteiger partial charge on any atom is 0.0500 e. The van der Waals surface area contributed by atoms with E-state index in [9.17, 15) is 5.11 Å². The number of benzene rings is 3. The Hall–Kier alpha value is -1.90. The van der Waals surface area contributed by atoms with E-state index in [0.29, 0.717) is 0 Å². The molecule has 0 radical (unpaired) electrons. The minimum atomic E-state index is -0.356. The van der Waals surface area contributed by atoms with Crippen molar-refractivity contribution in [2.75, 3.05) is 6.61 Å². The molecule has 0 aliphatic heterocycles. The lowest BCUT2D eigenvalue weighted by Crippen LogP contribution is -2.32. The zero-order valence-corrected chi connectivity index (χ0v) is 12.5. The van der Waals surface area contributed by atoms with E-state index in [1.54, 1.807) is 0 Å². The van der Waals surface area contributed by atoms with Crippen LogP contribution in [-0.4, -0.2) is 11.7 Å². The third-order valence-corrected chi connectivity index (χ3v) is 4.38. The molecule has 3 aromatic carbocycles. The quantitative estimate of drug-likeness (QED) is 0.711. The molecule has 0 aromatic heterocycles. The largest absolute Gasteiger partial charge is 0.396 e. The van der Waals surface area contributed by atoms with Gasteiger partial charge < -0.3 is 10.8 Å². The van der Waals surface area contributed by atoms with Crippen LogP contribution >= 0.6 is 0 Å². The summed E-state index contributed by atoms with van der Waals surface area (Å²) >= 11 is 0. The highest BCUT2D eigenvalue weighted by molar-refractivity contribution is 6.09. The summed E-state index contributed by atoms with van der Waals surface area (Å²) in [6.07, 6.45) is 0. The minimum absolute atomic E-state index is 0.0648. The maximum atomic E-state index is 9.63. The first-order valence-corrected chi connectivity index (χ1v) is 7.31. The van der Waals surface area contributed by atoms with Gasteiger partial charge in [0.1, 0.15) is 0 Å². The van der Waals surface area contributed by atoms with Crippen LogP contribution in [0.1, 0.15) is 25.5 Å². The Morgan fingerprint density at radius 1 is 0.952 bits per heavy atom. The van der Waals surface area contributed by atoms with Gasteiger partial charge in [-0.1, -0.05) is 62.4 Å². The van der Waals surface area contributed by atoms with Crippen LogP contribution < -0.4 is 5.73 Å². The smallest absolute Gasteiger partial charge is 0.0500 e. The van der Waals surface area contributed by atoms with Crippen LogP contribution in [0.25, 0.3) is 21.5 Å². The van der Waals surface area contributed by atoms with Gasteiger partial charge in [-0.25, -0.2) is 0 Å². The third-order valence-electron chi connectivity index (χ3n) is 4.38. The van der Waals surface area contributed by atoms with Gasteiger partial charge in [0.25, 0.3) is 0 Å². The van der Waals surface area contributed by atoms with E-state index in [0.717, 1.165) is 5.56 Å². The highest BCUT2D eigenvalue weighted by Gasteiger charge is 2.28. The summed E-state index contributed by atoms with van der Waals surface area (Å²) in [4.78, 5) is 0. The van der Waals surface area contributed by atoms with Crippen LogP contribution in [0.2, 0.25) is 0 Å². The van der Waals surface area contributed by atoms with Crippen molar-refractivity contribution >= 4 is 21.5 Å². The second-order valence-electron chi connectivity index (χ2n) is 6.36. The first-order chi connectivity index (χ1) is 10.0. The molecule has 0 saturated heterocycles. The number of hydrogen-bond acceptors (Lipinski definition) is 2. The molecule has 0 bridgehead atoms. The van der Waals surface area contributed by atoms with Crippen molar-refractivity contribution in [3.8, 4) is 0 Å². The molecule has 2 heteroatoms. The number of fused-ring (bicyclic) bond motifs is 3. The summed E-state index contributed by atoms with van der Waals surface area (Å²) in [7, 11) is 0. The van der Waals surface area contributed by atoms with E-state index in [1.807, 2.05) is 26.0 Å². The molecule has 0 amide bonds. The number of rotatable bonds is 3. The molecule has 0 aliphatic rings. The second-order valence-corrected chi connectivity index (χ2v) is 6.36. The van der Waals surface area contributed by atoms with Gasteiger partial charge in [-0.3, -0.25) is 0 Å². The van der Waals surface area contributed by atoms with Crippen LogP contribution in [0, 0.1) is 5.41 Å². The third kappa shape index (κ3) is 2.31. The number of aliphatic hydroxyl groups excluding tert-OH is 1. The Morgan fingerprint density at radius 3 is 2.19 bits per heavy atom. The van der Waals surface area contributed by atoms with Gasteiger partial charge in [0, 0.05) is 18.1 Å². The molecule has 0 saturated carbocycles. The molecule has 3 N–H and O–H groups in total. The van der Waals surface area contributed by atoms with Crippen molar-refractivity contribution in [1.29, 1.82) is 0 Å². The van der Waals surface area contributed by atoms with Crippen LogP contribution in [0.3, 0.4) is 0 Å². The standard InChI is InChI=1S/C19H21NO/c1-19(2,12-21)18(20)17-11-13-7-3-4-8-14(13)15-9-5-6-10-16(15)17/h3-11,18,21H,12,20H2,1-2H3/t18-/m1/s1. The highest BCUT2D eigenvalue weighted by atomic mass is 16.3. The van der Waals surface area contributed by atoms with Gasteiger partial charge in [-0.05, 0) is 33.2 Å². The normalized spacial score (nSPS) is 13.7. The lowest BCUT2D eigenvalue weighted by Gasteiger charge is -2.31. The predicted octanol–water partition coefficient (Wildman–Crippen LogP) is 4.01. The first kappa shape index (κ1) is 14.1. The molecular formula is C19H21NO. The molecule has 0 fully saturated rings. The van der Waals surface area contributed by atoms with Gasteiger partial charge >= 0.3 is 0 Å². The molecule has 2 nitrogen and oxygen atoms in total. The second kappa shape index (κ2) is 5.14. The molecule has 0 aliphatic carbocycles. The van der Waals surface area contributed by atoms with Crippen molar-refractivity contribution in [3.63, 3.8) is 0 Å². The fourth-order valence-electron chi connectivity index (χ4n) is 2.86. The average Bonchev–Trinajstić information content (AvgIpc) is 2.53. The van der Waals surface area contributed by atoms with Crippen molar-refractivity contribution < 1.29 is 5.11 Å². The average molecular weight is 279 g/mol. The van der Waals surface area contributed by atoms with Crippen LogP contribution in [0.5, 0.6) is 0 Å². The highest BCUT2D eigenvalue weighted by Crippen LogP contribution is 2.37. The Bertz CT molecular complexity index is 792. The molecule has 0 unspecified atom stereocenters. The lowest BCUT2D eigenvalue weighted by molar-refractivity contribution is 0.133. The van der Waals surface area contributed by atoms with Gasteiger partial charge in [-0.15, -0.1) is 0 Å². The molecule has 1 atom stereocenters. The molecule has 0 spiro atoms. The molecule has 108 valence electrons. The summed E-state index contributed by atoms with van der Waals surface area (Å²) in [5.74, 6) is 0. The Morgan fingerprint density at radius 2 is 1.52 bits per heavy atom. The van der Waals surface area contributed by atoms with Gasteiger partial charge in [-0.2, -0.15) is 0 Å². The Labute approximate surface area is 125 Å². The monoisotopic (exact) mass is 279 g/mol. The fourth-order valence-corrected chi connectivity index (χ4v) is 2.86. The van der Waals surface area contributed by atoms with E-state index in [1.165, 1.54) is 21.5 Å². The Kier molecular flexibility index (Phi) is 3.44. The molecule has 0 heterocycles. The van der Waals surface area contributed by atoms with Crippen LogP contribution in [0.15, 0.2) is 54.6 Å². The minimum Gasteiger partial charge on any atom is -0.396 e. The van der Waals surface area contributed by atoms with Gasteiger partial charge in [0.15, 0.2) is 0 Å². The van der Waals surface area contributed by atoms with Gasteiger partial charge in [0.05, 0.1) is 0 Å². The van der Waals surface area contributed by atoms with E-state index in [2.05, 4.69) is 42.5 Å². The van der Waals surface area contributed by atoms with Crippen molar-refractivity contribution in [1.82, 2.24) is 0 Å². The lowest BCUT2D eigenvalue weighted by atomic mass is 9.79. The Balaban J connectivity index is 2.35.